The molecule has 0 aliphatic rings. The first-order valence-corrected chi connectivity index (χ1v) is 11.5. The number of fused-ring (bicyclic) bond motifs is 1. The lowest BCUT2D eigenvalue weighted by atomic mass is 10.0. The fourth-order valence-electron chi connectivity index (χ4n) is 3.73. The molecule has 4 rings (SSSR count). The molecule has 0 fully saturated rings. The van der Waals surface area contributed by atoms with Crippen LogP contribution in [-0.2, 0) is 21.1 Å². The molecule has 0 atom stereocenters. The predicted molar refractivity (Wildman–Crippen MR) is 141 cm³/mol. The van der Waals surface area contributed by atoms with E-state index in [1.54, 1.807) is 42.5 Å². The summed E-state index contributed by atoms with van der Waals surface area (Å²) in [5, 5.41) is 3.69. The highest BCUT2D eigenvalue weighted by Gasteiger charge is 2.15. The fourth-order valence-corrected chi connectivity index (χ4v) is 3.73. The van der Waals surface area contributed by atoms with Gasteiger partial charge in [-0.2, -0.15) is 0 Å². The van der Waals surface area contributed by atoms with E-state index in [-0.39, 0.29) is 18.6 Å². The second-order valence-electron chi connectivity index (χ2n) is 8.58. The normalized spacial score (nSPS) is 11.3. The van der Waals surface area contributed by atoms with E-state index in [1.807, 2.05) is 49.5 Å². The van der Waals surface area contributed by atoms with Crippen molar-refractivity contribution >= 4 is 28.6 Å². The van der Waals surface area contributed by atoms with Crippen molar-refractivity contribution in [1.82, 2.24) is 24.4 Å². The third-order valence-corrected chi connectivity index (χ3v) is 5.45. The van der Waals surface area contributed by atoms with Crippen LogP contribution in [0.25, 0.3) is 33.3 Å². The molecule has 0 unspecified atom stereocenters. The van der Waals surface area contributed by atoms with Gasteiger partial charge in [0.25, 0.3) is 0 Å². The van der Waals surface area contributed by atoms with Gasteiger partial charge in [-0.05, 0) is 37.9 Å². The van der Waals surface area contributed by atoms with Crippen LogP contribution in [0, 0.1) is 0 Å². The molecule has 0 spiro atoms. The summed E-state index contributed by atoms with van der Waals surface area (Å²) in [6.45, 7) is 2.06. The fraction of sp³-hybridized carbons (Fsp3) is 0.222. The maximum atomic E-state index is 12.3. The Kier molecular flexibility index (Phi) is 7.89. The SMILES string of the molecule is COc1cc(-c2cn(COC(C)=O)c3ncc(-c4cncc(NC(=O)C=CCN(C)C)c4)cc23)ccn1. The highest BCUT2D eigenvalue weighted by Crippen LogP contribution is 2.34. The zero-order valence-electron chi connectivity index (χ0n) is 21.1. The van der Waals surface area contributed by atoms with Crippen LogP contribution >= 0.6 is 0 Å². The lowest BCUT2D eigenvalue weighted by Crippen LogP contribution is -2.13. The molecular formula is C27H28N6O4. The lowest BCUT2D eigenvalue weighted by Gasteiger charge is -2.08. The molecule has 0 radical (unpaired) electrons. The van der Waals surface area contributed by atoms with Gasteiger partial charge >= 0.3 is 5.97 Å². The summed E-state index contributed by atoms with van der Waals surface area (Å²) in [4.78, 5) is 38.8. The van der Waals surface area contributed by atoms with Crippen LogP contribution < -0.4 is 10.1 Å². The Balaban J connectivity index is 1.70. The van der Waals surface area contributed by atoms with Crippen LogP contribution in [-0.4, -0.2) is 64.0 Å². The standard InChI is InChI=1S/C27H28N6O4/c1-18(34)37-17-33-16-24(19-7-8-29-26(12-19)36-4)23-11-21(14-30-27(23)33)20-10-22(15-28-13-20)31-25(35)6-5-9-32(2)3/h5-8,10-16H,9,17H2,1-4H3,(H,31,35). The average molecular weight is 501 g/mol. The number of pyridine rings is 3. The average Bonchev–Trinajstić information content (AvgIpc) is 3.25. The van der Waals surface area contributed by atoms with Gasteiger partial charge in [-0.1, -0.05) is 6.08 Å². The van der Waals surface area contributed by atoms with Gasteiger partial charge in [-0.25, -0.2) is 9.97 Å². The van der Waals surface area contributed by atoms with Crippen LogP contribution in [0.5, 0.6) is 5.88 Å². The first-order chi connectivity index (χ1) is 17.8. The van der Waals surface area contributed by atoms with E-state index in [2.05, 4.69) is 20.3 Å². The zero-order chi connectivity index (χ0) is 26.4. The van der Waals surface area contributed by atoms with Crippen molar-refractivity contribution in [3.8, 4) is 28.1 Å². The quantitative estimate of drug-likeness (QED) is 0.273. The van der Waals surface area contributed by atoms with Crippen molar-refractivity contribution in [2.75, 3.05) is 33.1 Å². The highest BCUT2D eigenvalue weighted by molar-refractivity contribution is 6.00. The molecule has 4 aromatic rings. The molecule has 0 aliphatic carbocycles. The molecule has 1 amide bonds. The number of methoxy groups -OCH3 is 1. The number of rotatable bonds is 9. The molecule has 0 saturated carbocycles. The number of esters is 1. The maximum Gasteiger partial charge on any atom is 0.304 e. The summed E-state index contributed by atoms with van der Waals surface area (Å²) in [6.07, 6.45) is 11.9. The summed E-state index contributed by atoms with van der Waals surface area (Å²) in [5.74, 6) is -0.132. The summed E-state index contributed by atoms with van der Waals surface area (Å²) < 4.78 is 12.3. The Labute approximate surface area is 214 Å². The van der Waals surface area contributed by atoms with E-state index in [0.29, 0.717) is 23.8 Å². The van der Waals surface area contributed by atoms with Crippen molar-refractivity contribution in [1.29, 1.82) is 0 Å². The highest BCUT2D eigenvalue weighted by atomic mass is 16.5. The molecule has 4 heterocycles. The van der Waals surface area contributed by atoms with Gasteiger partial charge in [0.1, 0.15) is 5.65 Å². The van der Waals surface area contributed by atoms with Crippen LogP contribution in [0.1, 0.15) is 6.92 Å². The second kappa shape index (κ2) is 11.4. The van der Waals surface area contributed by atoms with Crippen molar-refractivity contribution in [2.45, 2.75) is 13.7 Å². The summed E-state index contributed by atoms with van der Waals surface area (Å²) in [6, 6.07) is 7.55. The minimum Gasteiger partial charge on any atom is -0.481 e. The molecule has 190 valence electrons. The van der Waals surface area contributed by atoms with Crippen LogP contribution in [0.2, 0.25) is 0 Å². The van der Waals surface area contributed by atoms with Crippen molar-refractivity contribution in [2.24, 2.45) is 0 Å². The lowest BCUT2D eigenvalue weighted by molar-refractivity contribution is -0.144. The smallest absolute Gasteiger partial charge is 0.304 e. The number of carbonyl (C=O) groups is 2. The number of likely N-dealkylation sites (N-methyl/N-ethyl adjacent to an activating group) is 1. The summed E-state index contributed by atoms with van der Waals surface area (Å²) >= 11 is 0. The number of carbonyl (C=O) groups excluding carboxylic acids is 2. The Hall–Kier alpha value is -4.57. The molecule has 0 aromatic carbocycles. The number of nitrogens with zero attached hydrogens (tertiary/aromatic N) is 5. The predicted octanol–water partition coefficient (Wildman–Crippen LogP) is 3.75. The molecule has 1 N–H and O–H groups in total. The number of amides is 1. The van der Waals surface area contributed by atoms with Crippen molar-refractivity contribution in [3.63, 3.8) is 0 Å². The van der Waals surface area contributed by atoms with Gasteiger partial charge in [-0.3, -0.25) is 19.1 Å². The first kappa shape index (κ1) is 25.5. The molecular weight excluding hydrogens is 472 g/mol. The molecule has 0 bridgehead atoms. The summed E-state index contributed by atoms with van der Waals surface area (Å²) in [5.41, 5.74) is 4.58. The molecule has 0 saturated heterocycles. The van der Waals surface area contributed by atoms with E-state index >= 15 is 0 Å². The molecule has 0 aliphatic heterocycles. The monoisotopic (exact) mass is 500 g/mol. The van der Waals surface area contributed by atoms with Gasteiger partial charge in [0.15, 0.2) is 6.73 Å². The Morgan fingerprint density at radius 1 is 1.08 bits per heavy atom. The third-order valence-electron chi connectivity index (χ3n) is 5.45. The van der Waals surface area contributed by atoms with E-state index in [9.17, 15) is 9.59 Å². The summed E-state index contributed by atoms with van der Waals surface area (Å²) in [7, 11) is 5.43. The van der Waals surface area contributed by atoms with E-state index in [1.165, 1.54) is 13.0 Å². The minimum absolute atomic E-state index is 0.0326. The second-order valence-corrected chi connectivity index (χ2v) is 8.58. The molecule has 10 heteroatoms. The number of anilines is 1. The number of ether oxygens (including phenoxy) is 2. The Morgan fingerprint density at radius 2 is 1.89 bits per heavy atom. The van der Waals surface area contributed by atoms with E-state index in [4.69, 9.17) is 9.47 Å². The third kappa shape index (κ3) is 6.36. The minimum atomic E-state index is -0.382. The van der Waals surface area contributed by atoms with Crippen LogP contribution in [0.4, 0.5) is 5.69 Å². The van der Waals surface area contributed by atoms with Gasteiger partial charge in [0, 0.05) is 72.5 Å². The number of hydrogen-bond donors (Lipinski definition) is 1. The van der Waals surface area contributed by atoms with Crippen LogP contribution in [0.3, 0.4) is 0 Å². The van der Waals surface area contributed by atoms with Crippen molar-refractivity contribution in [3.05, 3.63) is 67.4 Å². The Morgan fingerprint density at radius 3 is 2.65 bits per heavy atom. The zero-order valence-corrected chi connectivity index (χ0v) is 21.1. The largest absolute Gasteiger partial charge is 0.481 e. The first-order valence-electron chi connectivity index (χ1n) is 11.5. The van der Waals surface area contributed by atoms with Gasteiger partial charge < -0.3 is 19.7 Å². The molecule has 4 aromatic heterocycles. The van der Waals surface area contributed by atoms with Gasteiger partial charge in [-0.15, -0.1) is 0 Å². The number of hydrogen-bond acceptors (Lipinski definition) is 8. The van der Waals surface area contributed by atoms with Gasteiger partial charge in [0.2, 0.25) is 11.8 Å². The number of aromatic nitrogens is 4. The van der Waals surface area contributed by atoms with E-state index < -0.39 is 0 Å². The number of nitrogens with one attached hydrogen (secondary N) is 1. The van der Waals surface area contributed by atoms with Gasteiger partial charge in [0.05, 0.1) is 19.0 Å². The molecule has 37 heavy (non-hydrogen) atoms. The topological polar surface area (TPSA) is 111 Å². The van der Waals surface area contributed by atoms with Crippen molar-refractivity contribution < 1.29 is 19.1 Å². The Bertz CT molecular complexity index is 1460. The molecule has 10 nitrogen and oxygen atoms in total. The van der Waals surface area contributed by atoms with E-state index in [0.717, 1.165) is 27.6 Å². The maximum absolute atomic E-state index is 12.3. The van der Waals surface area contributed by atoms with Crippen LogP contribution in [0.15, 0.2) is 67.4 Å².